The van der Waals surface area contributed by atoms with Gasteiger partial charge in [-0.2, -0.15) is 0 Å². The van der Waals surface area contributed by atoms with E-state index in [4.69, 9.17) is 9.84 Å². The molecule has 0 aliphatic carbocycles. The molecular formula is C15H18N4O4. The lowest BCUT2D eigenvalue weighted by Crippen LogP contribution is -2.21. The Morgan fingerprint density at radius 3 is 2.52 bits per heavy atom. The van der Waals surface area contributed by atoms with Crippen molar-refractivity contribution in [3.8, 4) is 5.75 Å². The first-order chi connectivity index (χ1) is 11.0. The van der Waals surface area contributed by atoms with Crippen molar-refractivity contribution in [2.24, 2.45) is 0 Å². The molecule has 0 radical (unpaired) electrons. The number of aromatic nitrogens is 3. The summed E-state index contributed by atoms with van der Waals surface area (Å²) in [7, 11) is 0. The Morgan fingerprint density at radius 2 is 1.96 bits per heavy atom. The third kappa shape index (κ3) is 4.06. The summed E-state index contributed by atoms with van der Waals surface area (Å²) in [4.78, 5) is 23.1. The molecule has 0 spiro atoms. The molecule has 2 aromatic rings. The Labute approximate surface area is 133 Å². The first-order valence-electron chi connectivity index (χ1n) is 7.23. The van der Waals surface area contributed by atoms with Crippen molar-refractivity contribution in [3.63, 3.8) is 0 Å². The quantitative estimate of drug-likeness (QED) is 0.802. The normalized spacial score (nSPS) is 10.3. The lowest BCUT2D eigenvalue weighted by molar-refractivity contribution is -0.117. The Kier molecular flexibility index (Phi) is 5.29. The number of rotatable bonds is 7. The standard InChI is InChI=1S/C15H18N4O4/c1-3-12-14(15(21)22)17-18-19(12)9-13(20)16-10-5-7-11(8-6-10)23-4-2/h5-8H,3-4,9H2,1-2H3,(H,16,20)(H,21,22). The van der Waals surface area contributed by atoms with Crippen LogP contribution in [0.2, 0.25) is 0 Å². The van der Waals surface area contributed by atoms with Gasteiger partial charge >= 0.3 is 5.97 Å². The van der Waals surface area contributed by atoms with E-state index >= 15 is 0 Å². The first-order valence-corrected chi connectivity index (χ1v) is 7.23. The zero-order valence-corrected chi connectivity index (χ0v) is 12.9. The molecule has 8 nitrogen and oxygen atoms in total. The third-order valence-electron chi connectivity index (χ3n) is 3.12. The van der Waals surface area contributed by atoms with Gasteiger partial charge in [-0.25, -0.2) is 9.48 Å². The lowest BCUT2D eigenvalue weighted by atomic mass is 10.2. The maximum Gasteiger partial charge on any atom is 0.358 e. The summed E-state index contributed by atoms with van der Waals surface area (Å²) in [5.74, 6) is -0.744. The molecule has 1 heterocycles. The molecule has 1 aromatic carbocycles. The fourth-order valence-corrected chi connectivity index (χ4v) is 2.11. The predicted molar refractivity (Wildman–Crippen MR) is 82.6 cm³/mol. The van der Waals surface area contributed by atoms with Gasteiger partial charge < -0.3 is 15.2 Å². The zero-order chi connectivity index (χ0) is 16.8. The number of nitrogens with one attached hydrogen (secondary N) is 1. The summed E-state index contributed by atoms with van der Waals surface area (Å²) in [6.45, 7) is 4.15. The van der Waals surface area contributed by atoms with Crippen LogP contribution in [-0.2, 0) is 17.8 Å². The monoisotopic (exact) mass is 318 g/mol. The fraction of sp³-hybridized carbons (Fsp3) is 0.333. The van der Waals surface area contributed by atoms with E-state index < -0.39 is 5.97 Å². The molecule has 0 unspecified atom stereocenters. The van der Waals surface area contributed by atoms with E-state index in [9.17, 15) is 9.59 Å². The molecule has 0 aliphatic rings. The second-order valence-electron chi connectivity index (χ2n) is 4.71. The van der Waals surface area contributed by atoms with Crippen molar-refractivity contribution in [2.75, 3.05) is 11.9 Å². The fourth-order valence-electron chi connectivity index (χ4n) is 2.11. The Balaban J connectivity index is 2.03. The largest absolute Gasteiger partial charge is 0.494 e. The van der Waals surface area contributed by atoms with Crippen molar-refractivity contribution >= 4 is 17.6 Å². The van der Waals surface area contributed by atoms with Gasteiger partial charge in [-0.3, -0.25) is 4.79 Å². The van der Waals surface area contributed by atoms with Crippen molar-refractivity contribution in [3.05, 3.63) is 35.7 Å². The summed E-state index contributed by atoms with van der Waals surface area (Å²) < 4.78 is 6.63. The molecule has 0 bridgehead atoms. The van der Waals surface area contributed by atoms with E-state index in [1.165, 1.54) is 4.68 Å². The summed E-state index contributed by atoms with van der Waals surface area (Å²) >= 11 is 0. The van der Waals surface area contributed by atoms with E-state index in [1.54, 1.807) is 31.2 Å². The van der Waals surface area contributed by atoms with Gasteiger partial charge in [-0.15, -0.1) is 5.10 Å². The molecule has 122 valence electrons. The van der Waals surface area contributed by atoms with E-state index in [1.807, 2.05) is 6.92 Å². The van der Waals surface area contributed by atoms with Crippen LogP contribution in [0.15, 0.2) is 24.3 Å². The predicted octanol–water partition coefficient (Wildman–Crippen LogP) is 1.58. The minimum atomic E-state index is -1.15. The SMILES string of the molecule is CCOc1ccc(NC(=O)Cn2nnc(C(=O)O)c2CC)cc1. The van der Waals surface area contributed by atoms with Crippen LogP contribution in [0.25, 0.3) is 0 Å². The number of ether oxygens (including phenoxy) is 1. The Hall–Kier alpha value is -2.90. The highest BCUT2D eigenvalue weighted by Gasteiger charge is 2.18. The second kappa shape index (κ2) is 7.39. The maximum atomic E-state index is 12.1. The molecule has 0 saturated heterocycles. The van der Waals surface area contributed by atoms with E-state index in [0.29, 0.717) is 24.4 Å². The Bertz CT molecular complexity index is 694. The van der Waals surface area contributed by atoms with Crippen LogP contribution >= 0.6 is 0 Å². The van der Waals surface area contributed by atoms with E-state index in [-0.39, 0.29) is 18.1 Å². The first kappa shape index (κ1) is 16.5. The van der Waals surface area contributed by atoms with Gasteiger partial charge in [0.2, 0.25) is 5.91 Å². The Morgan fingerprint density at radius 1 is 1.26 bits per heavy atom. The minimum absolute atomic E-state index is 0.101. The van der Waals surface area contributed by atoms with Gasteiger partial charge in [0.05, 0.1) is 12.3 Å². The number of nitrogens with zero attached hydrogens (tertiary/aromatic N) is 3. The molecule has 0 atom stereocenters. The number of carboxylic acids is 1. The molecule has 2 rings (SSSR count). The number of anilines is 1. The number of carbonyl (C=O) groups is 2. The molecular weight excluding hydrogens is 300 g/mol. The lowest BCUT2D eigenvalue weighted by Gasteiger charge is -2.08. The van der Waals surface area contributed by atoms with Crippen LogP contribution in [0.1, 0.15) is 30.0 Å². The number of benzene rings is 1. The summed E-state index contributed by atoms with van der Waals surface area (Å²) in [6.07, 6.45) is 0.422. The van der Waals surface area contributed by atoms with Crippen LogP contribution < -0.4 is 10.1 Å². The number of hydrogen-bond acceptors (Lipinski definition) is 5. The number of carboxylic acid groups (broad SMARTS) is 1. The molecule has 1 amide bonds. The van der Waals surface area contributed by atoms with Crippen LogP contribution in [0.5, 0.6) is 5.75 Å². The molecule has 1 aromatic heterocycles. The number of amides is 1. The molecule has 23 heavy (non-hydrogen) atoms. The highest BCUT2D eigenvalue weighted by molar-refractivity contribution is 5.91. The van der Waals surface area contributed by atoms with Gasteiger partial charge in [0.15, 0.2) is 5.69 Å². The van der Waals surface area contributed by atoms with Gasteiger partial charge in [0, 0.05) is 5.69 Å². The maximum absolute atomic E-state index is 12.1. The average molecular weight is 318 g/mol. The van der Waals surface area contributed by atoms with Gasteiger partial charge in [0.1, 0.15) is 12.3 Å². The summed E-state index contributed by atoms with van der Waals surface area (Å²) in [5.41, 5.74) is 0.913. The van der Waals surface area contributed by atoms with Crippen LogP contribution in [0.4, 0.5) is 5.69 Å². The molecule has 2 N–H and O–H groups in total. The minimum Gasteiger partial charge on any atom is -0.494 e. The van der Waals surface area contributed by atoms with Crippen LogP contribution in [0, 0.1) is 0 Å². The van der Waals surface area contributed by atoms with Gasteiger partial charge in [0.25, 0.3) is 0 Å². The van der Waals surface area contributed by atoms with E-state index in [2.05, 4.69) is 15.6 Å². The van der Waals surface area contributed by atoms with Crippen molar-refractivity contribution < 1.29 is 19.4 Å². The topological polar surface area (TPSA) is 106 Å². The zero-order valence-electron chi connectivity index (χ0n) is 12.9. The molecule has 0 fully saturated rings. The van der Waals surface area contributed by atoms with Gasteiger partial charge in [-0.05, 0) is 37.6 Å². The molecule has 8 heteroatoms. The molecule has 0 saturated carbocycles. The molecule has 0 aliphatic heterocycles. The van der Waals surface area contributed by atoms with Crippen molar-refractivity contribution in [2.45, 2.75) is 26.8 Å². The van der Waals surface area contributed by atoms with E-state index in [0.717, 1.165) is 5.75 Å². The van der Waals surface area contributed by atoms with Crippen molar-refractivity contribution in [1.82, 2.24) is 15.0 Å². The highest BCUT2D eigenvalue weighted by Crippen LogP contribution is 2.15. The second-order valence-corrected chi connectivity index (χ2v) is 4.71. The number of aromatic carboxylic acids is 1. The van der Waals surface area contributed by atoms with Crippen LogP contribution in [0.3, 0.4) is 0 Å². The third-order valence-corrected chi connectivity index (χ3v) is 3.12. The smallest absolute Gasteiger partial charge is 0.358 e. The average Bonchev–Trinajstić information content (AvgIpc) is 2.92. The van der Waals surface area contributed by atoms with Crippen LogP contribution in [-0.4, -0.2) is 38.6 Å². The van der Waals surface area contributed by atoms with Crippen molar-refractivity contribution in [1.29, 1.82) is 0 Å². The number of hydrogen-bond donors (Lipinski definition) is 2. The summed E-state index contributed by atoms with van der Waals surface area (Å²) in [5, 5.41) is 19.1. The van der Waals surface area contributed by atoms with Gasteiger partial charge in [-0.1, -0.05) is 12.1 Å². The highest BCUT2D eigenvalue weighted by atomic mass is 16.5. The summed E-state index contributed by atoms with van der Waals surface area (Å²) in [6, 6.07) is 6.98. The number of carbonyl (C=O) groups excluding carboxylic acids is 1.